The average molecular weight is 545 g/mol. The summed E-state index contributed by atoms with van der Waals surface area (Å²) in [7, 11) is -1.66. The van der Waals surface area contributed by atoms with Crippen LogP contribution < -0.4 is 15.4 Å². The van der Waals surface area contributed by atoms with Gasteiger partial charge in [0.25, 0.3) is 0 Å². The monoisotopic (exact) mass is 544 g/mol. The Bertz CT molecular complexity index is 959. The number of guanidine groups is 1. The van der Waals surface area contributed by atoms with Crippen LogP contribution in [0.5, 0.6) is 0 Å². The van der Waals surface area contributed by atoms with E-state index in [0.717, 1.165) is 11.1 Å². The van der Waals surface area contributed by atoms with Gasteiger partial charge in [-0.15, -0.1) is 24.0 Å². The lowest BCUT2D eigenvalue weighted by Crippen LogP contribution is -2.37. The molecule has 0 saturated carbocycles. The van der Waals surface area contributed by atoms with Crippen LogP contribution in [-0.4, -0.2) is 27.5 Å². The van der Waals surface area contributed by atoms with Gasteiger partial charge in [0.15, 0.2) is 5.96 Å². The molecule has 0 aliphatic heterocycles. The molecule has 0 aliphatic rings. The molecule has 0 radical (unpaired) electrons. The second-order valence-corrected chi connectivity index (χ2v) is 9.26. The largest absolute Gasteiger partial charge is 0.352 e. The number of nitrogens with one attached hydrogen (secondary N) is 3. The van der Waals surface area contributed by atoms with Crippen LogP contribution in [0.1, 0.15) is 41.7 Å². The molecule has 0 aliphatic carbocycles. The molecule has 30 heavy (non-hydrogen) atoms. The maximum Gasteiger partial charge on any atom is 0.216 e. The van der Waals surface area contributed by atoms with Crippen molar-refractivity contribution < 1.29 is 8.42 Å². The average Bonchev–Trinajstić information content (AvgIpc) is 2.63. The molecule has 8 heteroatoms. The van der Waals surface area contributed by atoms with Crippen LogP contribution in [0.4, 0.5) is 0 Å². The standard InChI is InChI=1S/C22H32N4O2S.HI/c1-16(2)26-29(27,28)15-21-9-7-6-8-20(21)14-25-22(23-5)24-13-19-11-10-17(3)12-18(19)4;/h6-12,16,26H,13-15H2,1-5H3,(H2,23,24,25);1H. The van der Waals surface area contributed by atoms with E-state index in [2.05, 4.69) is 52.4 Å². The summed E-state index contributed by atoms with van der Waals surface area (Å²) in [5.41, 5.74) is 5.40. The van der Waals surface area contributed by atoms with E-state index in [-0.39, 0.29) is 35.8 Å². The number of halogens is 1. The number of hydrogen-bond donors (Lipinski definition) is 3. The predicted octanol–water partition coefficient (Wildman–Crippen LogP) is 3.61. The minimum absolute atomic E-state index is 0. The number of aryl methyl sites for hydroxylation is 2. The minimum Gasteiger partial charge on any atom is -0.352 e. The van der Waals surface area contributed by atoms with E-state index >= 15 is 0 Å². The summed E-state index contributed by atoms with van der Waals surface area (Å²) < 4.78 is 27.2. The Kier molecular flexibility index (Phi) is 10.8. The topological polar surface area (TPSA) is 82.6 Å². The maximum absolute atomic E-state index is 12.3. The molecule has 2 aromatic rings. The normalized spacial score (nSPS) is 11.9. The summed E-state index contributed by atoms with van der Waals surface area (Å²) >= 11 is 0. The van der Waals surface area contributed by atoms with E-state index in [1.54, 1.807) is 7.05 Å². The highest BCUT2D eigenvalue weighted by Crippen LogP contribution is 2.13. The first-order valence-corrected chi connectivity index (χ1v) is 11.4. The van der Waals surface area contributed by atoms with Crippen molar-refractivity contribution in [2.24, 2.45) is 4.99 Å². The molecule has 0 bridgehead atoms. The zero-order valence-electron chi connectivity index (χ0n) is 18.3. The van der Waals surface area contributed by atoms with Crippen LogP contribution >= 0.6 is 24.0 Å². The van der Waals surface area contributed by atoms with E-state index in [4.69, 9.17) is 0 Å². The molecule has 0 atom stereocenters. The fourth-order valence-corrected chi connectivity index (χ4v) is 4.59. The lowest BCUT2D eigenvalue weighted by molar-refractivity contribution is 0.568. The van der Waals surface area contributed by atoms with Crippen LogP contribution in [0.15, 0.2) is 47.5 Å². The van der Waals surface area contributed by atoms with Gasteiger partial charge < -0.3 is 10.6 Å². The molecule has 0 spiro atoms. The summed E-state index contributed by atoms with van der Waals surface area (Å²) in [5.74, 6) is 0.625. The Morgan fingerprint density at radius 1 is 0.967 bits per heavy atom. The van der Waals surface area contributed by atoms with Crippen LogP contribution in [-0.2, 0) is 28.9 Å². The zero-order valence-corrected chi connectivity index (χ0v) is 21.5. The van der Waals surface area contributed by atoms with Crippen molar-refractivity contribution in [2.45, 2.75) is 52.6 Å². The molecule has 3 N–H and O–H groups in total. The highest BCUT2D eigenvalue weighted by Gasteiger charge is 2.15. The van der Waals surface area contributed by atoms with E-state index in [9.17, 15) is 8.42 Å². The molecule has 0 amide bonds. The molecule has 166 valence electrons. The first-order chi connectivity index (χ1) is 13.7. The van der Waals surface area contributed by atoms with Gasteiger partial charge in [-0.25, -0.2) is 13.1 Å². The highest BCUT2D eigenvalue weighted by atomic mass is 127. The number of hydrogen-bond acceptors (Lipinski definition) is 3. The van der Waals surface area contributed by atoms with Crippen molar-refractivity contribution in [1.29, 1.82) is 0 Å². The highest BCUT2D eigenvalue weighted by molar-refractivity contribution is 14.0. The van der Waals surface area contributed by atoms with Crippen LogP contribution in [0.3, 0.4) is 0 Å². The molecule has 2 aromatic carbocycles. The van der Waals surface area contributed by atoms with Gasteiger partial charge in [0.2, 0.25) is 10.0 Å². The smallest absolute Gasteiger partial charge is 0.216 e. The van der Waals surface area contributed by atoms with Crippen molar-refractivity contribution in [2.75, 3.05) is 7.05 Å². The first kappa shape index (κ1) is 26.4. The third-order valence-corrected chi connectivity index (χ3v) is 6.02. The Hall–Kier alpha value is -1.65. The van der Waals surface area contributed by atoms with E-state index in [1.165, 1.54) is 16.7 Å². The molecule has 6 nitrogen and oxygen atoms in total. The predicted molar refractivity (Wildman–Crippen MR) is 136 cm³/mol. The van der Waals surface area contributed by atoms with Gasteiger partial charge in [-0.1, -0.05) is 48.0 Å². The minimum atomic E-state index is -3.38. The van der Waals surface area contributed by atoms with Crippen molar-refractivity contribution in [1.82, 2.24) is 15.4 Å². The summed E-state index contributed by atoms with van der Waals surface area (Å²) in [5, 5.41) is 6.60. The van der Waals surface area contributed by atoms with Crippen LogP contribution in [0.2, 0.25) is 0 Å². The molecular weight excluding hydrogens is 511 g/mol. The maximum atomic E-state index is 12.3. The van der Waals surface area contributed by atoms with E-state index in [0.29, 0.717) is 19.0 Å². The molecular formula is C22H33IN4O2S. The summed E-state index contributed by atoms with van der Waals surface area (Å²) in [6.45, 7) is 8.97. The molecule has 0 heterocycles. The van der Waals surface area contributed by atoms with Gasteiger partial charge in [-0.3, -0.25) is 4.99 Å². The summed E-state index contributed by atoms with van der Waals surface area (Å²) in [6.07, 6.45) is 0. The molecule has 0 aromatic heterocycles. The number of nitrogens with zero attached hydrogens (tertiary/aromatic N) is 1. The third-order valence-electron chi connectivity index (χ3n) is 4.49. The van der Waals surface area contributed by atoms with Crippen molar-refractivity contribution >= 4 is 40.0 Å². The number of aliphatic imine (C=N–C) groups is 1. The van der Waals surface area contributed by atoms with Gasteiger partial charge in [-0.05, 0) is 49.9 Å². The van der Waals surface area contributed by atoms with Gasteiger partial charge in [0, 0.05) is 26.2 Å². The van der Waals surface area contributed by atoms with E-state index in [1.807, 2.05) is 38.1 Å². The fourth-order valence-electron chi connectivity index (χ4n) is 3.10. The molecule has 0 fully saturated rings. The fraction of sp³-hybridized carbons (Fsp3) is 0.409. The first-order valence-electron chi connectivity index (χ1n) is 9.77. The Morgan fingerprint density at radius 2 is 1.57 bits per heavy atom. The molecule has 0 saturated heterocycles. The van der Waals surface area contributed by atoms with Crippen LogP contribution in [0, 0.1) is 13.8 Å². The van der Waals surface area contributed by atoms with Crippen molar-refractivity contribution in [3.05, 3.63) is 70.3 Å². The van der Waals surface area contributed by atoms with E-state index < -0.39 is 10.0 Å². The summed E-state index contributed by atoms with van der Waals surface area (Å²) in [4.78, 5) is 4.27. The van der Waals surface area contributed by atoms with Gasteiger partial charge >= 0.3 is 0 Å². The summed E-state index contributed by atoms with van der Waals surface area (Å²) in [6, 6.07) is 13.8. The van der Waals surface area contributed by atoms with Gasteiger partial charge in [0.05, 0.1) is 5.75 Å². The zero-order chi connectivity index (χ0) is 21.4. The Balaban J connectivity index is 0.00000450. The number of sulfonamides is 1. The molecule has 2 rings (SSSR count). The van der Waals surface area contributed by atoms with Gasteiger partial charge in [-0.2, -0.15) is 0 Å². The number of rotatable bonds is 8. The van der Waals surface area contributed by atoms with Crippen molar-refractivity contribution in [3.63, 3.8) is 0 Å². The van der Waals surface area contributed by atoms with Crippen LogP contribution in [0.25, 0.3) is 0 Å². The second-order valence-electron chi connectivity index (χ2n) is 7.51. The Morgan fingerprint density at radius 3 is 2.13 bits per heavy atom. The second kappa shape index (κ2) is 12.3. The third kappa shape index (κ3) is 8.61. The Labute approximate surface area is 198 Å². The van der Waals surface area contributed by atoms with Crippen molar-refractivity contribution in [3.8, 4) is 0 Å². The quantitative estimate of drug-likeness (QED) is 0.270. The SMILES string of the molecule is CN=C(NCc1ccc(C)cc1C)NCc1ccccc1CS(=O)(=O)NC(C)C.I. The lowest BCUT2D eigenvalue weighted by Gasteiger charge is -2.16. The lowest BCUT2D eigenvalue weighted by atomic mass is 10.1. The molecule has 0 unspecified atom stereocenters. The van der Waals surface area contributed by atoms with Gasteiger partial charge in [0.1, 0.15) is 0 Å². The number of benzene rings is 2.